The van der Waals surface area contributed by atoms with Crippen LogP contribution in [0.1, 0.15) is 12.6 Å². The molecule has 0 saturated carbocycles. The van der Waals surface area contributed by atoms with E-state index in [2.05, 4.69) is 4.98 Å². The quantitative estimate of drug-likeness (QED) is 0.741. The van der Waals surface area contributed by atoms with Crippen LogP contribution in [0.25, 0.3) is 17.1 Å². The van der Waals surface area contributed by atoms with E-state index in [-0.39, 0.29) is 5.56 Å². The maximum absolute atomic E-state index is 12.7. The maximum Gasteiger partial charge on any atom is 0.258 e. The number of hydrogen-bond acceptors (Lipinski definition) is 3. The first-order valence-electron chi connectivity index (χ1n) is 7.56. The molecule has 0 aliphatic heterocycles. The largest absolute Gasteiger partial charge is 0.495 e. The van der Waals surface area contributed by atoms with Crippen LogP contribution in [-0.4, -0.2) is 16.7 Å². The van der Waals surface area contributed by atoms with Crippen LogP contribution < -0.4 is 10.3 Å². The summed E-state index contributed by atoms with van der Waals surface area (Å²) in [5, 5.41) is 0. The Labute approximate surface area is 135 Å². The Kier molecular flexibility index (Phi) is 4.24. The van der Waals surface area contributed by atoms with Crippen molar-refractivity contribution < 1.29 is 4.74 Å². The van der Waals surface area contributed by atoms with Crippen molar-refractivity contribution in [2.45, 2.75) is 13.3 Å². The molecule has 0 bridgehead atoms. The number of para-hydroxylation sites is 2. The van der Waals surface area contributed by atoms with E-state index in [0.29, 0.717) is 23.7 Å². The molecule has 3 rings (SSSR count). The summed E-state index contributed by atoms with van der Waals surface area (Å²) in [6, 6.07) is 18.8. The van der Waals surface area contributed by atoms with Gasteiger partial charge in [-0.05, 0) is 18.6 Å². The van der Waals surface area contributed by atoms with Gasteiger partial charge in [0.2, 0.25) is 0 Å². The van der Waals surface area contributed by atoms with Crippen molar-refractivity contribution in [1.82, 2.24) is 9.55 Å². The number of aryl methyl sites for hydroxylation is 1. The zero-order valence-corrected chi connectivity index (χ0v) is 13.2. The van der Waals surface area contributed by atoms with Crippen molar-refractivity contribution in [2.75, 3.05) is 7.11 Å². The number of rotatable bonds is 4. The molecular formula is C19H18N2O2. The average molecular weight is 306 g/mol. The lowest BCUT2D eigenvalue weighted by atomic mass is 10.2. The SMILES string of the molecule is CCc1cc(=O)n(-c2ccccc2OC)c(-c2ccccc2)n1. The van der Waals surface area contributed by atoms with Gasteiger partial charge in [0.05, 0.1) is 12.8 Å². The van der Waals surface area contributed by atoms with Crippen LogP contribution >= 0.6 is 0 Å². The maximum atomic E-state index is 12.7. The minimum atomic E-state index is -0.111. The molecule has 0 N–H and O–H groups in total. The van der Waals surface area contributed by atoms with E-state index in [1.807, 2.05) is 61.5 Å². The van der Waals surface area contributed by atoms with Crippen molar-refractivity contribution in [2.24, 2.45) is 0 Å². The lowest BCUT2D eigenvalue weighted by Gasteiger charge is -2.16. The third kappa shape index (κ3) is 2.88. The van der Waals surface area contributed by atoms with Crippen LogP contribution in [0.5, 0.6) is 5.75 Å². The van der Waals surface area contributed by atoms with Gasteiger partial charge < -0.3 is 4.74 Å². The van der Waals surface area contributed by atoms with Crippen molar-refractivity contribution in [1.29, 1.82) is 0 Å². The Balaban J connectivity index is 2.34. The number of ether oxygens (including phenoxy) is 1. The summed E-state index contributed by atoms with van der Waals surface area (Å²) < 4.78 is 7.02. The highest BCUT2D eigenvalue weighted by atomic mass is 16.5. The second-order valence-electron chi connectivity index (χ2n) is 5.14. The van der Waals surface area contributed by atoms with E-state index in [0.717, 1.165) is 11.3 Å². The van der Waals surface area contributed by atoms with Crippen LogP contribution in [0.2, 0.25) is 0 Å². The summed E-state index contributed by atoms with van der Waals surface area (Å²) in [5.74, 6) is 1.26. The highest BCUT2D eigenvalue weighted by Gasteiger charge is 2.15. The predicted octanol–water partition coefficient (Wildman–Crippen LogP) is 3.47. The van der Waals surface area contributed by atoms with Crippen molar-refractivity contribution in [3.63, 3.8) is 0 Å². The molecule has 0 spiro atoms. The zero-order valence-electron chi connectivity index (χ0n) is 13.2. The molecule has 0 saturated heterocycles. The minimum absolute atomic E-state index is 0.111. The first-order chi connectivity index (χ1) is 11.2. The van der Waals surface area contributed by atoms with Crippen molar-refractivity contribution >= 4 is 0 Å². The highest BCUT2D eigenvalue weighted by Crippen LogP contribution is 2.26. The Morgan fingerprint density at radius 1 is 1.04 bits per heavy atom. The van der Waals surface area contributed by atoms with Gasteiger partial charge in [0.25, 0.3) is 5.56 Å². The van der Waals surface area contributed by atoms with E-state index >= 15 is 0 Å². The van der Waals surface area contributed by atoms with Crippen molar-refractivity contribution in [3.05, 3.63) is 76.7 Å². The van der Waals surface area contributed by atoms with Gasteiger partial charge >= 0.3 is 0 Å². The average Bonchev–Trinajstić information content (AvgIpc) is 2.61. The Bertz CT molecular complexity index is 870. The van der Waals surface area contributed by atoms with E-state index in [1.54, 1.807) is 17.7 Å². The van der Waals surface area contributed by atoms with Crippen LogP contribution in [0.15, 0.2) is 65.5 Å². The summed E-state index contributed by atoms with van der Waals surface area (Å²) in [6.45, 7) is 1.99. The van der Waals surface area contributed by atoms with Crippen LogP contribution in [0, 0.1) is 0 Å². The van der Waals surface area contributed by atoms with Gasteiger partial charge in [0.15, 0.2) is 0 Å². The van der Waals surface area contributed by atoms with Crippen LogP contribution in [-0.2, 0) is 6.42 Å². The number of hydrogen-bond donors (Lipinski definition) is 0. The molecule has 1 heterocycles. The molecule has 116 valence electrons. The molecule has 0 atom stereocenters. The lowest BCUT2D eigenvalue weighted by Crippen LogP contribution is -2.22. The molecule has 3 aromatic rings. The number of benzene rings is 2. The third-order valence-corrected chi connectivity index (χ3v) is 3.69. The van der Waals surface area contributed by atoms with Gasteiger partial charge in [-0.2, -0.15) is 0 Å². The van der Waals surface area contributed by atoms with E-state index in [1.165, 1.54) is 0 Å². The molecular weight excluding hydrogens is 288 g/mol. The molecule has 0 fully saturated rings. The molecule has 4 nitrogen and oxygen atoms in total. The second-order valence-corrected chi connectivity index (χ2v) is 5.14. The van der Waals surface area contributed by atoms with E-state index in [4.69, 9.17) is 4.74 Å². The first-order valence-corrected chi connectivity index (χ1v) is 7.56. The molecule has 0 aliphatic rings. The minimum Gasteiger partial charge on any atom is -0.495 e. The van der Waals surface area contributed by atoms with Gasteiger partial charge in [0, 0.05) is 17.3 Å². The molecule has 1 aromatic heterocycles. The van der Waals surface area contributed by atoms with Gasteiger partial charge in [-0.1, -0.05) is 49.4 Å². The lowest BCUT2D eigenvalue weighted by molar-refractivity contribution is 0.412. The van der Waals surface area contributed by atoms with Crippen molar-refractivity contribution in [3.8, 4) is 22.8 Å². The zero-order chi connectivity index (χ0) is 16.2. The molecule has 0 radical (unpaired) electrons. The molecule has 0 unspecified atom stereocenters. The molecule has 0 amide bonds. The Morgan fingerprint density at radius 3 is 2.43 bits per heavy atom. The fraction of sp³-hybridized carbons (Fsp3) is 0.158. The summed E-state index contributed by atoms with van der Waals surface area (Å²) in [7, 11) is 1.60. The third-order valence-electron chi connectivity index (χ3n) is 3.69. The Hall–Kier alpha value is -2.88. The van der Waals surface area contributed by atoms with Crippen LogP contribution in [0.3, 0.4) is 0 Å². The molecule has 23 heavy (non-hydrogen) atoms. The monoisotopic (exact) mass is 306 g/mol. The van der Waals surface area contributed by atoms with E-state index < -0.39 is 0 Å². The summed E-state index contributed by atoms with van der Waals surface area (Å²) in [4.78, 5) is 17.4. The fourth-order valence-corrected chi connectivity index (χ4v) is 2.54. The summed E-state index contributed by atoms with van der Waals surface area (Å²) in [6.07, 6.45) is 0.710. The van der Waals surface area contributed by atoms with Gasteiger partial charge in [-0.25, -0.2) is 4.98 Å². The summed E-state index contributed by atoms with van der Waals surface area (Å²) in [5.41, 5.74) is 2.25. The topological polar surface area (TPSA) is 44.1 Å². The van der Waals surface area contributed by atoms with Gasteiger partial charge in [0.1, 0.15) is 11.6 Å². The van der Waals surface area contributed by atoms with Gasteiger partial charge in [-0.15, -0.1) is 0 Å². The standard InChI is InChI=1S/C19H18N2O2/c1-3-15-13-18(22)21(16-11-7-8-12-17(16)23-2)19(20-15)14-9-5-4-6-10-14/h4-13H,3H2,1-2H3. The van der Waals surface area contributed by atoms with Gasteiger partial charge in [-0.3, -0.25) is 9.36 Å². The number of methoxy groups -OCH3 is 1. The smallest absolute Gasteiger partial charge is 0.258 e. The fourth-order valence-electron chi connectivity index (χ4n) is 2.54. The number of aromatic nitrogens is 2. The second kappa shape index (κ2) is 6.48. The highest BCUT2D eigenvalue weighted by molar-refractivity contribution is 5.60. The predicted molar refractivity (Wildman–Crippen MR) is 91.2 cm³/mol. The Morgan fingerprint density at radius 2 is 1.74 bits per heavy atom. The van der Waals surface area contributed by atoms with Crippen LogP contribution in [0.4, 0.5) is 0 Å². The molecule has 4 heteroatoms. The van der Waals surface area contributed by atoms with E-state index in [9.17, 15) is 4.79 Å². The normalized spacial score (nSPS) is 10.5. The molecule has 0 aliphatic carbocycles. The number of nitrogens with zero attached hydrogens (tertiary/aromatic N) is 2. The first kappa shape index (κ1) is 15.0. The summed E-state index contributed by atoms with van der Waals surface area (Å²) >= 11 is 0. The molecule has 2 aromatic carbocycles.